The van der Waals surface area contributed by atoms with Crippen LogP contribution in [0.5, 0.6) is 0 Å². The molecule has 0 saturated carbocycles. The molecule has 0 saturated heterocycles. The van der Waals surface area contributed by atoms with Gasteiger partial charge in [0, 0.05) is 44.1 Å². The van der Waals surface area contributed by atoms with Crippen LogP contribution in [-0.2, 0) is 19.3 Å². The van der Waals surface area contributed by atoms with Gasteiger partial charge in [0.1, 0.15) is 5.82 Å². The number of benzene rings is 1. The van der Waals surface area contributed by atoms with E-state index in [1.807, 2.05) is 30.5 Å². The van der Waals surface area contributed by atoms with E-state index in [4.69, 9.17) is 0 Å². The number of nitrogens with one attached hydrogen (secondary N) is 3. The van der Waals surface area contributed by atoms with E-state index in [0.717, 1.165) is 55.2 Å². The first-order chi connectivity index (χ1) is 12.3. The molecule has 3 aromatic rings. The maximum atomic E-state index is 4.58. The lowest BCUT2D eigenvalue weighted by Crippen LogP contribution is -2.39. The van der Waals surface area contributed by atoms with Gasteiger partial charge >= 0.3 is 0 Å². The van der Waals surface area contributed by atoms with Crippen LogP contribution in [0.15, 0.2) is 35.5 Å². The summed E-state index contributed by atoms with van der Waals surface area (Å²) < 4.78 is 0. The number of fused-ring (bicyclic) bond motifs is 1. The van der Waals surface area contributed by atoms with Gasteiger partial charge in [0.25, 0.3) is 0 Å². The lowest BCUT2D eigenvalue weighted by molar-refractivity contribution is 0.768. The number of guanidine groups is 1. The third-order valence-corrected chi connectivity index (χ3v) is 5.10. The lowest BCUT2D eigenvalue weighted by atomic mass is 10.3. The van der Waals surface area contributed by atoms with Crippen molar-refractivity contribution >= 4 is 28.3 Å². The van der Waals surface area contributed by atoms with E-state index in [9.17, 15) is 0 Å². The van der Waals surface area contributed by atoms with Crippen LogP contribution >= 0.6 is 11.3 Å². The Bertz CT molecular complexity index is 802. The van der Waals surface area contributed by atoms with Crippen LogP contribution in [0.1, 0.15) is 22.6 Å². The number of aromatic amines is 1. The predicted octanol–water partition coefficient (Wildman–Crippen LogP) is 2.53. The Labute approximate surface area is 151 Å². The summed E-state index contributed by atoms with van der Waals surface area (Å²) in [6, 6.07) is 8.08. The van der Waals surface area contributed by atoms with Crippen molar-refractivity contribution in [1.82, 2.24) is 25.6 Å². The highest BCUT2D eigenvalue weighted by Crippen LogP contribution is 2.13. The van der Waals surface area contributed by atoms with E-state index >= 15 is 0 Å². The fraction of sp³-hybridized carbons (Fsp3) is 0.389. The molecule has 132 valence electrons. The molecule has 1 aromatic carbocycles. The van der Waals surface area contributed by atoms with Gasteiger partial charge in [0.15, 0.2) is 5.96 Å². The van der Waals surface area contributed by atoms with Gasteiger partial charge < -0.3 is 15.6 Å². The summed E-state index contributed by atoms with van der Waals surface area (Å²) in [6.45, 7) is 3.75. The Hall–Kier alpha value is -2.41. The van der Waals surface area contributed by atoms with Crippen molar-refractivity contribution in [1.29, 1.82) is 0 Å². The van der Waals surface area contributed by atoms with Crippen LogP contribution in [0.25, 0.3) is 11.0 Å². The number of H-pyrrole nitrogens is 1. The molecular formula is C18H24N6S. The van der Waals surface area contributed by atoms with Crippen molar-refractivity contribution in [3.63, 3.8) is 0 Å². The first-order valence-corrected chi connectivity index (χ1v) is 9.42. The van der Waals surface area contributed by atoms with Gasteiger partial charge in [0.2, 0.25) is 0 Å². The number of aryl methyl sites for hydroxylation is 1. The quantitative estimate of drug-likeness (QED) is 0.449. The summed E-state index contributed by atoms with van der Waals surface area (Å²) in [5, 5.41) is 7.83. The summed E-state index contributed by atoms with van der Waals surface area (Å²) >= 11 is 1.79. The molecule has 0 atom stereocenters. The van der Waals surface area contributed by atoms with Crippen LogP contribution in [-0.4, -0.2) is 41.0 Å². The summed E-state index contributed by atoms with van der Waals surface area (Å²) in [7, 11) is 1.79. The van der Waals surface area contributed by atoms with Gasteiger partial charge in [-0.15, -0.1) is 11.3 Å². The number of aliphatic imine (C=N–C) groups is 1. The number of hydrogen-bond acceptors (Lipinski definition) is 4. The molecule has 3 rings (SSSR count). The van der Waals surface area contributed by atoms with E-state index in [1.54, 1.807) is 18.4 Å². The van der Waals surface area contributed by atoms with Crippen LogP contribution in [0.3, 0.4) is 0 Å². The maximum Gasteiger partial charge on any atom is 0.191 e. The summed E-state index contributed by atoms with van der Waals surface area (Å²) in [6.07, 6.45) is 4.76. The Kier molecular flexibility index (Phi) is 6.00. The largest absolute Gasteiger partial charge is 0.356 e. The van der Waals surface area contributed by atoms with E-state index in [0.29, 0.717) is 0 Å². The fourth-order valence-corrected chi connectivity index (χ4v) is 3.42. The maximum absolute atomic E-state index is 4.58. The minimum absolute atomic E-state index is 0.775. The molecular weight excluding hydrogens is 332 g/mol. The summed E-state index contributed by atoms with van der Waals surface area (Å²) in [5.74, 6) is 1.79. The second-order valence-corrected chi connectivity index (χ2v) is 6.90. The number of aromatic nitrogens is 3. The van der Waals surface area contributed by atoms with Gasteiger partial charge in [-0.3, -0.25) is 4.99 Å². The molecule has 0 aliphatic rings. The predicted molar refractivity (Wildman–Crippen MR) is 104 cm³/mol. The molecule has 0 aliphatic carbocycles. The molecule has 7 heteroatoms. The minimum Gasteiger partial charge on any atom is -0.356 e. The number of rotatable bonds is 7. The van der Waals surface area contributed by atoms with Crippen LogP contribution in [0, 0.1) is 0 Å². The van der Waals surface area contributed by atoms with Crippen LogP contribution in [0.4, 0.5) is 0 Å². The average Bonchev–Trinajstić information content (AvgIpc) is 3.26. The van der Waals surface area contributed by atoms with Gasteiger partial charge in [-0.1, -0.05) is 19.1 Å². The normalized spacial score (nSPS) is 11.8. The van der Waals surface area contributed by atoms with Gasteiger partial charge in [-0.2, -0.15) is 0 Å². The highest BCUT2D eigenvalue weighted by molar-refractivity contribution is 7.11. The topological polar surface area (TPSA) is 78.0 Å². The Balaban J connectivity index is 1.41. The number of imidazole rings is 1. The minimum atomic E-state index is 0.775. The zero-order valence-corrected chi connectivity index (χ0v) is 15.5. The fourth-order valence-electron chi connectivity index (χ4n) is 2.56. The molecule has 6 nitrogen and oxygen atoms in total. The smallest absolute Gasteiger partial charge is 0.191 e. The van der Waals surface area contributed by atoms with Gasteiger partial charge in [0.05, 0.1) is 16.0 Å². The Morgan fingerprint density at radius 3 is 2.72 bits per heavy atom. The molecule has 3 N–H and O–H groups in total. The highest BCUT2D eigenvalue weighted by Gasteiger charge is 2.04. The first-order valence-electron chi connectivity index (χ1n) is 8.60. The molecule has 0 amide bonds. The number of hydrogen-bond donors (Lipinski definition) is 3. The SMILES string of the molecule is CCc1cnc(CCNC(=NC)NCCc2nc3ccccc3[nH]2)s1. The third-order valence-electron chi connectivity index (χ3n) is 3.90. The number of para-hydroxylation sites is 2. The highest BCUT2D eigenvalue weighted by atomic mass is 32.1. The third kappa shape index (κ3) is 4.79. The number of thiazole rings is 1. The van der Waals surface area contributed by atoms with Gasteiger partial charge in [-0.25, -0.2) is 9.97 Å². The van der Waals surface area contributed by atoms with Crippen LogP contribution in [0.2, 0.25) is 0 Å². The molecule has 2 aromatic heterocycles. The van der Waals surface area contributed by atoms with Crippen molar-refractivity contribution in [2.24, 2.45) is 4.99 Å². The standard InChI is InChI=1S/C18H24N6S/c1-3-13-12-22-17(25-13)9-11-21-18(19-2)20-10-8-16-23-14-6-4-5-7-15(14)24-16/h4-7,12H,3,8-11H2,1-2H3,(H,23,24)(H2,19,20,21). The van der Waals surface area contributed by atoms with E-state index in [1.165, 1.54) is 9.88 Å². The Morgan fingerprint density at radius 1 is 1.20 bits per heavy atom. The van der Waals surface area contributed by atoms with E-state index < -0.39 is 0 Å². The second-order valence-electron chi connectivity index (χ2n) is 5.70. The zero-order valence-electron chi connectivity index (χ0n) is 14.7. The van der Waals surface area contributed by atoms with E-state index in [-0.39, 0.29) is 0 Å². The molecule has 0 unspecified atom stereocenters. The van der Waals surface area contributed by atoms with Crippen molar-refractivity contribution in [2.75, 3.05) is 20.1 Å². The molecule has 0 spiro atoms. The van der Waals surface area contributed by atoms with Crippen molar-refractivity contribution < 1.29 is 0 Å². The monoisotopic (exact) mass is 356 g/mol. The first kappa shape index (κ1) is 17.4. The molecule has 2 heterocycles. The molecule has 25 heavy (non-hydrogen) atoms. The Morgan fingerprint density at radius 2 is 2.00 bits per heavy atom. The molecule has 0 aliphatic heterocycles. The van der Waals surface area contributed by atoms with Crippen LogP contribution < -0.4 is 10.6 Å². The van der Waals surface area contributed by atoms with Crippen molar-refractivity contribution in [3.8, 4) is 0 Å². The molecule has 0 radical (unpaired) electrons. The lowest BCUT2D eigenvalue weighted by Gasteiger charge is -2.10. The average molecular weight is 356 g/mol. The summed E-state index contributed by atoms with van der Waals surface area (Å²) in [5.41, 5.74) is 2.09. The van der Waals surface area contributed by atoms with Crippen molar-refractivity contribution in [2.45, 2.75) is 26.2 Å². The summed E-state index contributed by atoms with van der Waals surface area (Å²) in [4.78, 5) is 18.0. The van der Waals surface area contributed by atoms with Gasteiger partial charge in [-0.05, 0) is 18.6 Å². The molecule has 0 fully saturated rings. The molecule has 0 bridgehead atoms. The number of nitrogens with zero attached hydrogens (tertiary/aromatic N) is 3. The van der Waals surface area contributed by atoms with E-state index in [2.05, 4.69) is 37.5 Å². The zero-order chi connectivity index (χ0) is 17.5. The van der Waals surface area contributed by atoms with Crippen molar-refractivity contribution in [3.05, 3.63) is 46.2 Å². The second kappa shape index (κ2) is 8.62.